The van der Waals surface area contributed by atoms with Crippen molar-refractivity contribution >= 4 is 6.09 Å². The summed E-state index contributed by atoms with van der Waals surface area (Å²) in [7, 11) is 0. The summed E-state index contributed by atoms with van der Waals surface area (Å²) < 4.78 is 7.05. The lowest BCUT2D eigenvalue weighted by atomic mass is 9.82. The molecule has 0 atom stereocenters. The number of imidazole rings is 1. The number of hydrogen-bond acceptors (Lipinski definition) is 3. The standard InChI is InChI=1S/C13H18N2O2/c1-2-6-13(7-4-3-5-8-13)17-12(16)15-10-9-14-11-15/h2,9-11H,1,3-8H2. The van der Waals surface area contributed by atoms with Gasteiger partial charge in [-0.05, 0) is 25.7 Å². The van der Waals surface area contributed by atoms with Crippen molar-refractivity contribution < 1.29 is 9.53 Å². The Hall–Kier alpha value is -1.58. The Morgan fingerprint density at radius 3 is 2.82 bits per heavy atom. The highest BCUT2D eigenvalue weighted by molar-refractivity contribution is 5.70. The Morgan fingerprint density at radius 1 is 1.47 bits per heavy atom. The van der Waals surface area contributed by atoms with E-state index in [1.165, 1.54) is 17.3 Å². The van der Waals surface area contributed by atoms with Gasteiger partial charge in [0.2, 0.25) is 0 Å². The van der Waals surface area contributed by atoms with Gasteiger partial charge in [0, 0.05) is 18.8 Å². The summed E-state index contributed by atoms with van der Waals surface area (Å²) in [5.41, 5.74) is -0.346. The molecular formula is C13H18N2O2. The Labute approximate surface area is 101 Å². The largest absolute Gasteiger partial charge is 0.442 e. The number of rotatable bonds is 3. The Balaban J connectivity index is 2.07. The molecule has 2 rings (SSSR count). The van der Waals surface area contributed by atoms with Gasteiger partial charge >= 0.3 is 6.09 Å². The summed E-state index contributed by atoms with van der Waals surface area (Å²) in [6.07, 6.45) is 12.2. The van der Waals surface area contributed by atoms with Crippen molar-refractivity contribution in [3.05, 3.63) is 31.4 Å². The van der Waals surface area contributed by atoms with E-state index in [2.05, 4.69) is 11.6 Å². The number of ether oxygens (including phenoxy) is 1. The predicted molar refractivity (Wildman–Crippen MR) is 64.7 cm³/mol. The molecule has 0 radical (unpaired) electrons. The first kappa shape index (κ1) is 11.9. The third kappa shape index (κ3) is 2.75. The minimum absolute atomic E-state index is 0.341. The first-order valence-corrected chi connectivity index (χ1v) is 6.08. The molecule has 0 aliphatic heterocycles. The summed E-state index contributed by atoms with van der Waals surface area (Å²) in [5, 5.41) is 0. The SMILES string of the molecule is C=CCC1(OC(=O)n2ccnc2)CCCCC1. The fourth-order valence-electron chi connectivity index (χ4n) is 2.41. The zero-order chi connectivity index (χ0) is 12.1. The molecule has 4 nitrogen and oxygen atoms in total. The van der Waals surface area contributed by atoms with Crippen molar-refractivity contribution in [2.24, 2.45) is 0 Å². The zero-order valence-electron chi connectivity index (χ0n) is 9.97. The highest BCUT2D eigenvalue weighted by atomic mass is 16.6. The minimum Gasteiger partial charge on any atom is -0.442 e. The maximum Gasteiger partial charge on any atom is 0.419 e. The highest BCUT2D eigenvalue weighted by Crippen LogP contribution is 2.35. The van der Waals surface area contributed by atoms with E-state index in [0.29, 0.717) is 0 Å². The normalized spacial score (nSPS) is 18.6. The smallest absolute Gasteiger partial charge is 0.419 e. The van der Waals surface area contributed by atoms with E-state index in [9.17, 15) is 4.79 Å². The summed E-state index contributed by atoms with van der Waals surface area (Å²) >= 11 is 0. The highest BCUT2D eigenvalue weighted by Gasteiger charge is 2.35. The fourth-order valence-corrected chi connectivity index (χ4v) is 2.41. The van der Waals surface area contributed by atoms with Crippen LogP contribution in [0.3, 0.4) is 0 Å². The molecule has 0 amide bonds. The van der Waals surface area contributed by atoms with Crippen molar-refractivity contribution in [2.75, 3.05) is 0 Å². The second-order valence-electron chi connectivity index (χ2n) is 4.57. The lowest BCUT2D eigenvalue weighted by Gasteiger charge is -2.35. The summed E-state index contributed by atoms with van der Waals surface area (Å²) in [6.45, 7) is 3.76. The Bertz CT molecular complexity index is 378. The van der Waals surface area contributed by atoms with E-state index in [4.69, 9.17) is 4.74 Å². The average molecular weight is 234 g/mol. The van der Waals surface area contributed by atoms with Gasteiger partial charge in [0.15, 0.2) is 0 Å². The van der Waals surface area contributed by atoms with E-state index >= 15 is 0 Å². The van der Waals surface area contributed by atoms with Gasteiger partial charge in [-0.15, -0.1) is 6.58 Å². The number of carbonyl (C=O) groups excluding carboxylic acids is 1. The molecule has 1 fully saturated rings. The summed E-state index contributed by atoms with van der Waals surface area (Å²) in [5.74, 6) is 0. The van der Waals surface area contributed by atoms with Crippen molar-refractivity contribution in [1.29, 1.82) is 0 Å². The van der Waals surface area contributed by atoms with Gasteiger partial charge in [0.1, 0.15) is 11.9 Å². The Kier molecular flexibility index (Phi) is 3.61. The van der Waals surface area contributed by atoms with E-state index in [1.54, 1.807) is 12.4 Å². The molecule has 1 aliphatic rings. The van der Waals surface area contributed by atoms with E-state index in [0.717, 1.165) is 32.1 Å². The molecule has 1 aliphatic carbocycles. The first-order valence-electron chi connectivity index (χ1n) is 6.08. The number of aromatic nitrogens is 2. The van der Waals surface area contributed by atoms with Crippen molar-refractivity contribution in [3.8, 4) is 0 Å². The second-order valence-corrected chi connectivity index (χ2v) is 4.57. The van der Waals surface area contributed by atoms with Crippen LogP contribution in [0.5, 0.6) is 0 Å². The molecule has 92 valence electrons. The average Bonchev–Trinajstić information content (AvgIpc) is 2.84. The van der Waals surface area contributed by atoms with E-state index in [-0.39, 0.29) is 11.7 Å². The molecule has 1 aromatic rings. The van der Waals surface area contributed by atoms with Crippen LogP contribution in [0.15, 0.2) is 31.4 Å². The van der Waals surface area contributed by atoms with Crippen LogP contribution in [0, 0.1) is 0 Å². The molecule has 0 N–H and O–H groups in total. The zero-order valence-corrected chi connectivity index (χ0v) is 9.97. The molecular weight excluding hydrogens is 216 g/mol. The lowest BCUT2D eigenvalue weighted by molar-refractivity contribution is -0.0137. The van der Waals surface area contributed by atoms with Crippen molar-refractivity contribution in [3.63, 3.8) is 0 Å². The molecule has 0 spiro atoms. The van der Waals surface area contributed by atoms with Gasteiger partial charge in [-0.3, -0.25) is 0 Å². The molecule has 1 saturated carbocycles. The van der Waals surface area contributed by atoms with Crippen LogP contribution in [0.1, 0.15) is 38.5 Å². The van der Waals surface area contributed by atoms with Crippen molar-refractivity contribution in [1.82, 2.24) is 9.55 Å². The van der Waals surface area contributed by atoms with Crippen molar-refractivity contribution in [2.45, 2.75) is 44.1 Å². The lowest BCUT2D eigenvalue weighted by Crippen LogP contribution is -2.38. The summed E-state index contributed by atoms with van der Waals surface area (Å²) in [6, 6.07) is 0. The van der Waals surface area contributed by atoms with Crippen LogP contribution >= 0.6 is 0 Å². The maximum atomic E-state index is 11.9. The predicted octanol–water partition coefficient (Wildman–Crippen LogP) is 3.15. The van der Waals surface area contributed by atoms with Crippen LogP contribution < -0.4 is 0 Å². The molecule has 0 saturated heterocycles. The number of hydrogen-bond donors (Lipinski definition) is 0. The second kappa shape index (κ2) is 5.17. The van der Waals surface area contributed by atoms with Crippen LogP contribution in [-0.2, 0) is 4.74 Å². The van der Waals surface area contributed by atoms with Crippen LogP contribution in [0.4, 0.5) is 4.79 Å². The quantitative estimate of drug-likeness (QED) is 0.755. The monoisotopic (exact) mass is 234 g/mol. The molecule has 17 heavy (non-hydrogen) atoms. The molecule has 0 bridgehead atoms. The third-order valence-electron chi connectivity index (χ3n) is 3.30. The number of nitrogens with zero attached hydrogens (tertiary/aromatic N) is 2. The van der Waals surface area contributed by atoms with Gasteiger partial charge in [0.25, 0.3) is 0 Å². The van der Waals surface area contributed by atoms with E-state index in [1.807, 2.05) is 6.08 Å². The molecule has 1 aromatic heterocycles. The molecule has 4 heteroatoms. The minimum atomic E-state index is -0.346. The van der Waals surface area contributed by atoms with Gasteiger partial charge in [-0.25, -0.2) is 14.3 Å². The van der Waals surface area contributed by atoms with Gasteiger partial charge in [-0.1, -0.05) is 12.5 Å². The van der Waals surface area contributed by atoms with Gasteiger partial charge in [-0.2, -0.15) is 0 Å². The van der Waals surface area contributed by atoms with Gasteiger partial charge < -0.3 is 4.74 Å². The molecule has 0 unspecified atom stereocenters. The van der Waals surface area contributed by atoms with Gasteiger partial charge in [0.05, 0.1) is 0 Å². The topological polar surface area (TPSA) is 44.1 Å². The van der Waals surface area contributed by atoms with Crippen LogP contribution in [-0.4, -0.2) is 21.2 Å². The maximum absolute atomic E-state index is 11.9. The first-order chi connectivity index (χ1) is 8.26. The molecule has 1 heterocycles. The van der Waals surface area contributed by atoms with Crippen LogP contribution in [0.25, 0.3) is 0 Å². The number of carbonyl (C=O) groups is 1. The summed E-state index contributed by atoms with van der Waals surface area (Å²) in [4.78, 5) is 15.8. The van der Waals surface area contributed by atoms with E-state index < -0.39 is 0 Å². The third-order valence-corrected chi connectivity index (χ3v) is 3.30. The Morgan fingerprint density at radius 2 is 2.24 bits per heavy atom. The fraction of sp³-hybridized carbons (Fsp3) is 0.538. The van der Waals surface area contributed by atoms with Crippen LogP contribution in [0.2, 0.25) is 0 Å². The molecule has 0 aromatic carbocycles.